The summed E-state index contributed by atoms with van der Waals surface area (Å²) in [6.45, 7) is 1.88. The number of carbonyl (C=O) groups excluding carboxylic acids is 1. The van der Waals surface area contributed by atoms with Crippen LogP contribution in [0.3, 0.4) is 0 Å². The molecule has 3 N–H and O–H groups in total. The summed E-state index contributed by atoms with van der Waals surface area (Å²) >= 11 is 0. The van der Waals surface area contributed by atoms with Crippen molar-refractivity contribution in [2.24, 2.45) is 5.73 Å². The Morgan fingerprint density at radius 2 is 2.06 bits per heavy atom. The van der Waals surface area contributed by atoms with Crippen molar-refractivity contribution in [2.75, 3.05) is 26.9 Å². The van der Waals surface area contributed by atoms with Crippen molar-refractivity contribution in [3.05, 3.63) is 35.4 Å². The Labute approximate surface area is 107 Å². The van der Waals surface area contributed by atoms with Crippen molar-refractivity contribution in [2.45, 2.75) is 13.2 Å². The first-order valence-corrected chi connectivity index (χ1v) is 5.88. The van der Waals surface area contributed by atoms with E-state index in [0.717, 1.165) is 11.1 Å². The monoisotopic (exact) mass is 252 g/mol. The molecule has 0 unspecified atom stereocenters. The SMILES string of the molecule is COCc1ccccc1CNC(=O)COCCN. The van der Waals surface area contributed by atoms with Crippen molar-refractivity contribution in [1.29, 1.82) is 0 Å². The number of ether oxygens (including phenoxy) is 2. The lowest BCUT2D eigenvalue weighted by molar-refractivity contribution is -0.125. The third-order valence-electron chi connectivity index (χ3n) is 2.39. The van der Waals surface area contributed by atoms with Gasteiger partial charge in [0.1, 0.15) is 6.61 Å². The van der Waals surface area contributed by atoms with Gasteiger partial charge < -0.3 is 20.5 Å². The van der Waals surface area contributed by atoms with Crippen molar-refractivity contribution >= 4 is 5.91 Å². The summed E-state index contributed by atoms with van der Waals surface area (Å²) in [7, 11) is 1.65. The minimum absolute atomic E-state index is 0.0453. The van der Waals surface area contributed by atoms with E-state index in [1.165, 1.54) is 0 Å². The lowest BCUT2D eigenvalue weighted by Crippen LogP contribution is -2.28. The average molecular weight is 252 g/mol. The maximum Gasteiger partial charge on any atom is 0.246 e. The van der Waals surface area contributed by atoms with E-state index in [9.17, 15) is 4.79 Å². The zero-order valence-electron chi connectivity index (χ0n) is 10.6. The smallest absolute Gasteiger partial charge is 0.246 e. The number of carbonyl (C=O) groups is 1. The van der Waals surface area contributed by atoms with E-state index >= 15 is 0 Å². The largest absolute Gasteiger partial charge is 0.380 e. The highest BCUT2D eigenvalue weighted by atomic mass is 16.5. The van der Waals surface area contributed by atoms with Gasteiger partial charge in [0.25, 0.3) is 0 Å². The normalized spacial score (nSPS) is 10.3. The highest BCUT2D eigenvalue weighted by Crippen LogP contribution is 2.09. The number of benzene rings is 1. The molecule has 1 rings (SSSR count). The molecule has 0 aliphatic carbocycles. The Kier molecular flexibility index (Phi) is 7.01. The molecule has 5 nitrogen and oxygen atoms in total. The van der Waals surface area contributed by atoms with Crippen LogP contribution >= 0.6 is 0 Å². The zero-order valence-corrected chi connectivity index (χ0v) is 10.6. The fourth-order valence-electron chi connectivity index (χ4n) is 1.52. The first-order valence-electron chi connectivity index (χ1n) is 5.88. The van der Waals surface area contributed by atoms with Gasteiger partial charge in [-0.3, -0.25) is 4.79 Å². The van der Waals surface area contributed by atoms with E-state index in [-0.39, 0.29) is 12.5 Å². The topological polar surface area (TPSA) is 73.6 Å². The van der Waals surface area contributed by atoms with Crippen LogP contribution in [-0.4, -0.2) is 32.8 Å². The van der Waals surface area contributed by atoms with Gasteiger partial charge in [-0.2, -0.15) is 0 Å². The van der Waals surface area contributed by atoms with Gasteiger partial charge >= 0.3 is 0 Å². The predicted molar refractivity (Wildman–Crippen MR) is 68.9 cm³/mol. The van der Waals surface area contributed by atoms with Crippen LogP contribution in [0, 0.1) is 0 Å². The van der Waals surface area contributed by atoms with Crippen LogP contribution in [0.4, 0.5) is 0 Å². The van der Waals surface area contributed by atoms with Crippen molar-refractivity contribution in [3.8, 4) is 0 Å². The Balaban J connectivity index is 2.40. The molecule has 1 aromatic rings. The summed E-state index contributed by atoms with van der Waals surface area (Å²) < 4.78 is 10.2. The first-order chi connectivity index (χ1) is 8.77. The molecule has 5 heteroatoms. The molecule has 0 aliphatic rings. The molecule has 100 valence electrons. The molecule has 1 amide bonds. The van der Waals surface area contributed by atoms with Crippen LogP contribution in [0.1, 0.15) is 11.1 Å². The number of amides is 1. The Morgan fingerprint density at radius 3 is 2.72 bits per heavy atom. The van der Waals surface area contributed by atoms with E-state index in [1.807, 2.05) is 24.3 Å². The highest BCUT2D eigenvalue weighted by Gasteiger charge is 2.04. The molecule has 0 atom stereocenters. The molecule has 0 spiro atoms. The molecule has 0 fully saturated rings. The molecule has 0 radical (unpaired) electrons. The molecule has 0 saturated carbocycles. The number of methoxy groups -OCH3 is 1. The van der Waals surface area contributed by atoms with E-state index in [4.69, 9.17) is 15.2 Å². The molecule has 0 heterocycles. The molecule has 0 bridgehead atoms. The van der Waals surface area contributed by atoms with Crippen LogP contribution < -0.4 is 11.1 Å². The van der Waals surface area contributed by atoms with Gasteiger partial charge in [0, 0.05) is 20.2 Å². The van der Waals surface area contributed by atoms with Crippen LogP contribution in [0.2, 0.25) is 0 Å². The van der Waals surface area contributed by atoms with Gasteiger partial charge in [0.15, 0.2) is 0 Å². The molecule has 1 aromatic carbocycles. The summed E-state index contributed by atoms with van der Waals surface area (Å²) in [6, 6.07) is 7.83. The van der Waals surface area contributed by atoms with Crippen molar-refractivity contribution in [3.63, 3.8) is 0 Å². The minimum Gasteiger partial charge on any atom is -0.380 e. The molecule has 0 aromatic heterocycles. The quantitative estimate of drug-likeness (QED) is 0.658. The fourth-order valence-corrected chi connectivity index (χ4v) is 1.52. The van der Waals surface area contributed by atoms with Crippen molar-refractivity contribution < 1.29 is 14.3 Å². The number of nitrogens with one attached hydrogen (secondary N) is 1. The predicted octanol–water partition coefficient (Wildman–Crippen LogP) is 0.425. The van der Waals surface area contributed by atoms with Crippen LogP contribution in [0.15, 0.2) is 24.3 Å². The van der Waals surface area contributed by atoms with E-state index < -0.39 is 0 Å². The molecule has 0 saturated heterocycles. The summed E-state index contributed by atoms with van der Waals surface area (Å²) in [6.07, 6.45) is 0. The molecule has 0 aliphatic heterocycles. The van der Waals surface area contributed by atoms with Crippen LogP contribution in [0.5, 0.6) is 0 Å². The van der Waals surface area contributed by atoms with Crippen LogP contribution in [0.25, 0.3) is 0 Å². The number of hydrogen-bond acceptors (Lipinski definition) is 4. The maximum atomic E-state index is 11.5. The van der Waals surface area contributed by atoms with Gasteiger partial charge in [0.05, 0.1) is 13.2 Å². The molecular weight excluding hydrogens is 232 g/mol. The summed E-state index contributed by atoms with van der Waals surface area (Å²) in [5.74, 6) is -0.143. The third-order valence-corrected chi connectivity index (χ3v) is 2.39. The molecular formula is C13H20N2O3. The fraction of sp³-hybridized carbons (Fsp3) is 0.462. The van der Waals surface area contributed by atoms with Gasteiger partial charge in [0.2, 0.25) is 5.91 Å². The standard InChI is InChI=1S/C13H20N2O3/c1-17-9-12-5-3-2-4-11(12)8-15-13(16)10-18-7-6-14/h2-5H,6-10,14H2,1H3,(H,15,16). The minimum atomic E-state index is -0.143. The Hall–Kier alpha value is -1.43. The number of rotatable bonds is 8. The van der Waals surface area contributed by atoms with Crippen molar-refractivity contribution in [1.82, 2.24) is 5.32 Å². The third kappa shape index (κ3) is 5.27. The van der Waals surface area contributed by atoms with E-state index in [0.29, 0.717) is 26.3 Å². The lowest BCUT2D eigenvalue weighted by Gasteiger charge is -2.10. The van der Waals surface area contributed by atoms with Gasteiger partial charge in [-0.15, -0.1) is 0 Å². The summed E-state index contributed by atoms with van der Waals surface area (Å²) in [4.78, 5) is 11.5. The summed E-state index contributed by atoms with van der Waals surface area (Å²) in [5, 5.41) is 2.80. The number of hydrogen-bond donors (Lipinski definition) is 2. The number of nitrogens with two attached hydrogens (primary N) is 1. The lowest BCUT2D eigenvalue weighted by atomic mass is 10.1. The summed E-state index contributed by atoms with van der Waals surface area (Å²) in [5.41, 5.74) is 7.38. The Morgan fingerprint density at radius 1 is 1.33 bits per heavy atom. The van der Waals surface area contributed by atoms with Gasteiger partial charge in [-0.05, 0) is 11.1 Å². The second-order valence-corrected chi connectivity index (χ2v) is 3.82. The van der Waals surface area contributed by atoms with E-state index in [1.54, 1.807) is 7.11 Å². The Bertz CT molecular complexity index is 369. The van der Waals surface area contributed by atoms with Crippen LogP contribution in [-0.2, 0) is 27.4 Å². The second-order valence-electron chi connectivity index (χ2n) is 3.82. The second kappa shape index (κ2) is 8.63. The molecule has 18 heavy (non-hydrogen) atoms. The average Bonchev–Trinajstić information content (AvgIpc) is 2.38. The van der Waals surface area contributed by atoms with Gasteiger partial charge in [-0.1, -0.05) is 24.3 Å². The maximum absolute atomic E-state index is 11.5. The first kappa shape index (κ1) is 14.6. The van der Waals surface area contributed by atoms with Gasteiger partial charge in [-0.25, -0.2) is 0 Å². The highest BCUT2D eigenvalue weighted by molar-refractivity contribution is 5.77. The van der Waals surface area contributed by atoms with E-state index in [2.05, 4.69) is 5.32 Å². The zero-order chi connectivity index (χ0) is 13.2.